The number of amides is 1. The predicted octanol–water partition coefficient (Wildman–Crippen LogP) is -0.616. The lowest BCUT2D eigenvalue weighted by molar-refractivity contribution is -0.132. The topological polar surface area (TPSA) is 86.7 Å². The molecule has 6 nitrogen and oxygen atoms in total. The van der Waals surface area contributed by atoms with Crippen molar-refractivity contribution in [3.8, 4) is 0 Å². The molecule has 19 heavy (non-hydrogen) atoms. The van der Waals surface area contributed by atoms with E-state index in [0.29, 0.717) is 19.6 Å². The van der Waals surface area contributed by atoms with Crippen LogP contribution >= 0.6 is 0 Å². The summed E-state index contributed by atoms with van der Waals surface area (Å²) in [6.07, 6.45) is 2.05. The quantitative estimate of drug-likeness (QED) is 0.653. The van der Waals surface area contributed by atoms with Crippen molar-refractivity contribution in [3.05, 3.63) is 0 Å². The molecule has 1 unspecified atom stereocenters. The highest BCUT2D eigenvalue weighted by molar-refractivity contribution is 7.91. The molecule has 2 N–H and O–H groups in total. The molecule has 0 saturated carbocycles. The van der Waals surface area contributed by atoms with E-state index in [1.165, 1.54) is 0 Å². The molecule has 0 spiro atoms. The van der Waals surface area contributed by atoms with Gasteiger partial charge in [0.05, 0.1) is 18.1 Å². The maximum absolute atomic E-state index is 12.1. The minimum atomic E-state index is -3.02. The van der Waals surface area contributed by atoms with Crippen LogP contribution in [0.15, 0.2) is 0 Å². The fraction of sp³-hybridized carbons (Fsp3) is 0.917. The van der Waals surface area contributed by atoms with Gasteiger partial charge in [-0.3, -0.25) is 4.79 Å². The Kier molecular flexibility index (Phi) is 6.74. The number of hydrogen-bond donors (Lipinski definition) is 2. The average molecular weight is 292 g/mol. The molecular formula is C12H24N2O4S. The van der Waals surface area contributed by atoms with E-state index in [9.17, 15) is 13.2 Å². The molecule has 1 saturated heterocycles. The van der Waals surface area contributed by atoms with E-state index in [4.69, 9.17) is 5.11 Å². The molecule has 0 aromatic carbocycles. The van der Waals surface area contributed by atoms with Gasteiger partial charge in [0.2, 0.25) is 5.91 Å². The van der Waals surface area contributed by atoms with Gasteiger partial charge in [0.25, 0.3) is 0 Å². The zero-order valence-electron chi connectivity index (χ0n) is 11.5. The molecule has 1 aliphatic heterocycles. The molecule has 1 rings (SSSR count). The van der Waals surface area contributed by atoms with Gasteiger partial charge in [-0.25, -0.2) is 8.42 Å². The van der Waals surface area contributed by atoms with Crippen LogP contribution in [0.25, 0.3) is 0 Å². The van der Waals surface area contributed by atoms with Gasteiger partial charge in [-0.15, -0.1) is 0 Å². The van der Waals surface area contributed by atoms with Crippen molar-refractivity contribution < 1.29 is 18.3 Å². The summed E-state index contributed by atoms with van der Waals surface area (Å²) in [5.74, 6) is 0.0880. The number of sulfone groups is 1. The second-order valence-electron chi connectivity index (χ2n) is 4.93. The molecule has 1 heterocycles. The Bertz CT molecular complexity index is 383. The number of carbonyl (C=O) groups excluding carboxylic acids is 1. The molecule has 0 radical (unpaired) electrons. The van der Waals surface area contributed by atoms with Crippen molar-refractivity contribution in [3.63, 3.8) is 0 Å². The number of nitrogens with one attached hydrogen (secondary N) is 1. The summed E-state index contributed by atoms with van der Waals surface area (Å²) in [7, 11) is -3.02. The van der Waals surface area contributed by atoms with Gasteiger partial charge < -0.3 is 15.3 Å². The molecule has 1 fully saturated rings. The summed E-state index contributed by atoms with van der Waals surface area (Å²) in [6, 6.07) is -0.297. The lowest BCUT2D eigenvalue weighted by atomic mass is 10.2. The summed E-state index contributed by atoms with van der Waals surface area (Å²) in [5.41, 5.74) is 0. The third kappa shape index (κ3) is 5.88. The normalized spacial score (nSPS) is 22.1. The summed E-state index contributed by atoms with van der Waals surface area (Å²) < 4.78 is 23.0. The number of rotatable bonds is 7. The van der Waals surface area contributed by atoms with E-state index >= 15 is 0 Å². The minimum Gasteiger partial charge on any atom is -0.395 e. The summed E-state index contributed by atoms with van der Waals surface area (Å²) in [4.78, 5) is 13.7. The molecule has 7 heteroatoms. The fourth-order valence-corrected chi connectivity index (χ4v) is 3.61. The Morgan fingerprint density at radius 1 is 1.42 bits per heavy atom. The van der Waals surface area contributed by atoms with Crippen molar-refractivity contribution in [1.82, 2.24) is 10.2 Å². The first-order valence-electron chi connectivity index (χ1n) is 6.81. The van der Waals surface area contributed by atoms with Crippen molar-refractivity contribution in [2.45, 2.75) is 32.2 Å². The first-order chi connectivity index (χ1) is 8.98. The second-order valence-corrected chi connectivity index (χ2v) is 7.16. The summed E-state index contributed by atoms with van der Waals surface area (Å²) in [6.45, 7) is 3.33. The van der Waals surface area contributed by atoms with E-state index in [1.807, 2.05) is 6.92 Å². The molecular weight excluding hydrogens is 268 g/mol. The summed E-state index contributed by atoms with van der Waals surface area (Å²) in [5, 5.41) is 12.0. The number of unbranched alkanes of at least 4 members (excludes halogenated alkanes) is 1. The van der Waals surface area contributed by atoms with Crippen LogP contribution in [0.5, 0.6) is 0 Å². The number of aliphatic hydroxyl groups is 1. The van der Waals surface area contributed by atoms with Crippen LogP contribution in [-0.2, 0) is 14.6 Å². The maximum atomic E-state index is 12.1. The lowest BCUT2D eigenvalue weighted by Gasteiger charge is -2.27. The zero-order valence-corrected chi connectivity index (χ0v) is 12.3. The Balaban J connectivity index is 2.50. The van der Waals surface area contributed by atoms with Crippen molar-refractivity contribution in [2.24, 2.45) is 0 Å². The third-order valence-corrected chi connectivity index (χ3v) is 4.96. The zero-order chi connectivity index (χ0) is 14.3. The number of nitrogens with zero attached hydrogens (tertiary/aromatic N) is 1. The van der Waals surface area contributed by atoms with Gasteiger partial charge >= 0.3 is 0 Å². The molecule has 1 amide bonds. The Morgan fingerprint density at radius 2 is 2.16 bits per heavy atom. The Morgan fingerprint density at radius 3 is 2.74 bits per heavy atom. The Labute approximate surface area is 115 Å². The molecule has 1 aliphatic rings. The van der Waals surface area contributed by atoms with Crippen LogP contribution in [0.4, 0.5) is 0 Å². The van der Waals surface area contributed by atoms with E-state index in [-0.39, 0.29) is 36.5 Å². The van der Waals surface area contributed by atoms with E-state index < -0.39 is 9.84 Å². The number of hydrogen-bond acceptors (Lipinski definition) is 5. The fourth-order valence-electron chi connectivity index (χ4n) is 2.17. The minimum absolute atomic E-state index is 0.0273. The SMILES string of the molecule is CCCCN(CCO)C(=O)CC1CS(=O)(=O)CCN1. The van der Waals surface area contributed by atoms with Gasteiger partial charge in [-0.05, 0) is 6.42 Å². The highest BCUT2D eigenvalue weighted by Crippen LogP contribution is 2.08. The molecule has 0 aromatic rings. The molecule has 0 aromatic heterocycles. The van der Waals surface area contributed by atoms with Gasteiger partial charge in [-0.1, -0.05) is 13.3 Å². The van der Waals surface area contributed by atoms with Crippen LogP contribution in [0.3, 0.4) is 0 Å². The van der Waals surface area contributed by atoms with Crippen LogP contribution < -0.4 is 5.32 Å². The van der Waals surface area contributed by atoms with Crippen LogP contribution in [0.2, 0.25) is 0 Å². The first-order valence-corrected chi connectivity index (χ1v) is 8.63. The molecule has 0 aliphatic carbocycles. The molecule has 112 valence electrons. The van der Waals surface area contributed by atoms with Gasteiger partial charge in [0.15, 0.2) is 9.84 Å². The van der Waals surface area contributed by atoms with Crippen molar-refractivity contribution in [1.29, 1.82) is 0 Å². The monoisotopic (exact) mass is 292 g/mol. The predicted molar refractivity (Wildman–Crippen MR) is 73.6 cm³/mol. The molecule has 0 bridgehead atoms. The standard InChI is InChI=1S/C12H24N2O4S/c1-2-3-5-14(6-7-15)12(16)9-11-10-19(17,18)8-4-13-11/h11,13,15H,2-10H2,1H3. The van der Waals surface area contributed by atoms with Gasteiger partial charge in [-0.2, -0.15) is 0 Å². The number of aliphatic hydroxyl groups excluding tert-OH is 1. The highest BCUT2D eigenvalue weighted by Gasteiger charge is 2.27. The second kappa shape index (κ2) is 7.81. The van der Waals surface area contributed by atoms with Gasteiger partial charge in [0.1, 0.15) is 0 Å². The smallest absolute Gasteiger partial charge is 0.224 e. The van der Waals surface area contributed by atoms with Crippen LogP contribution in [0.1, 0.15) is 26.2 Å². The maximum Gasteiger partial charge on any atom is 0.224 e. The van der Waals surface area contributed by atoms with E-state index in [2.05, 4.69) is 5.32 Å². The highest BCUT2D eigenvalue weighted by atomic mass is 32.2. The van der Waals surface area contributed by atoms with Crippen molar-refractivity contribution in [2.75, 3.05) is 37.7 Å². The van der Waals surface area contributed by atoms with Crippen molar-refractivity contribution >= 4 is 15.7 Å². The van der Waals surface area contributed by atoms with E-state index in [1.54, 1.807) is 4.90 Å². The largest absolute Gasteiger partial charge is 0.395 e. The Hall–Kier alpha value is -0.660. The molecule has 1 atom stereocenters. The average Bonchev–Trinajstić information content (AvgIpc) is 2.33. The van der Waals surface area contributed by atoms with Crippen LogP contribution in [-0.4, -0.2) is 68.1 Å². The number of carbonyl (C=O) groups is 1. The summed E-state index contributed by atoms with van der Waals surface area (Å²) >= 11 is 0. The van der Waals surface area contributed by atoms with Gasteiger partial charge in [0, 0.05) is 32.1 Å². The first kappa shape index (κ1) is 16.4. The van der Waals surface area contributed by atoms with E-state index in [0.717, 1.165) is 12.8 Å². The van der Waals surface area contributed by atoms with Crippen LogP contribution in [0, 0.1) is 0 Å². The lowest BCUT2D eigenvalue weighted by Crippen LogP contribution is -2.48. The third-order valence-electron chi connectivity index (χ3n) is 3.23.